The van der Waals surface area contributed by atoms with Crippen LogP contribution < -0.4 is 5.73 Å². The van der Waals surface area contributed by atoms with Gasteiger partial charge in [-0.25, -0.2) is 9.18 Å². The molecule has 0 radical (unpaired) electrons. The Hall–Kier alpha value is -3.73. The Kier molecular flexibility index (Phi) is 7.35. The lowest BCUT2D eigenvalue weighted by atomic mass is 9.87. The van der Waals surface area contributed by atoms with E-state index in [1.54, 1.807) is 62.1 Å². The standard InChI is InChI=1S/C29H32FN3O4/c1-29(2,3)37-28(36)33-23-11-10-22(14-23)26(33)25(34)13-17(16-31)12-21-9-8-20(15-24(21)30)18-4-6-19(7-5-18)27(32)35/h4-9,15,17,22-23,26H,10-14H2,1-3H3,(H2,32,35)/t17?,22-,23+,26-/m0/s1. The predicted molar refractivity (Wildman–Crippen MR) is 136 cm³/mol. The summed E-state index contributed by atoms with van der Waals surface area (Å²) in [6.07, 6.45) is 2.02. The average molecular weight is 506 g/mol. The largest absolute Gasteiger partial charge is 0.444 e. The van der Waals surface area contributed by atoms with Gasteiger partial charge < -0.3 is 10.5 Å². The lowest BCUT2D eigenvalue weighted by molar-refractivity contribution is -0.126. The van der Waals surface area contributed by atoms with Gasteiger partial charge in [0.05, 0.1) is 18.0 Å². The summed E-state index contributed by atoms with van der Waals surface area (Å²) in [6, 6.07) is 12.8. The fourth-order valence-corrected chi connectivity index (χ4v) is 5.49. The summed E-state index contributed by atoms with van der Waals surface area (Å²) in [5.74, 6) is -1.83. The molecular formula is C29H32FN3O4. The van der Waals surface area contributed by atoms with Crippen molar-refractivity contribution in [3.8, 4) is 17.2 Å². The van der Waals surface area contributed by atoms with E-state index in [0.717, 1.165) is 24.8 Å². The van der Waals surface area contributed by atoms with Crippen molar-refractivity contribution in [2.75, 3.05) is 0 Å². The molecule has 0 spiro atoms. The van der Waals surface area contributed by atoms with E-state index in [1.165, 1.54) is 6.07 Å². The molecule has 2 aliphatic rings. The lowest BCUT2D eigenvalue weighted by Gasteiger charge is -2.35. The Bertz CT molecular complexity index is 1250. The minimum atomic E-state index is -0.720. The molecule has 1 saturated heterocycles. The summed E-state index contributed by atoms with van der Waals surface area (Å²) in [5.41, 5.74) is 6.65. The number of amides is 2. The number of Topliss-reactive ketones (excluding diaryl/α,β-unsaturated/α-hetero) is 1. The van der Waals surface area contributed by atoms with Crippen LogP contribution in [0.25, 0.3) is 11.1 Å². The second-order valence-corrected chi connectivity index (χ2v) is 11.0. The van der Waals surface area contributed by atoms with E-state index < -0.39 is 35.4 Å². The number of primary amides is 1. The number of fused-ring (bicyclic) bond motifs is 2. The van der Waals surface area contributed by atoms with Crippen LogP contribution in [0.1, 0.15) is 62.4 Å². The number of halogens is 1. The van der Waals surface area contributed by atoms with Crippen LogP contribution in [-0.4, -0.2) is 40.4 Å². The number of nitriles is 1. The number of nitrogens with zero attached hydrogens (tertiary/aromatic N) is 2. The monoisotopic (exact) mass is 505 g/mol. The predicted octanol–water partition coefficient (Wildman–Crippen LogP) is 5.02. The highest BCUT2D eigenvalue weighted by atomic mass is 19.1. The molecule has 1 heterocycles. The highest BCUT2D eigenvalue weighted by molar-refractivity contribution is 5.93. The number of piperidine rings is 1. The van der Waals surface area contributed by atoms with Crippen molar-refractivity contribution >= 4 is 17.8 Å². The highest BCUT2D eigenvalue weighted by Crippen LogP contribution is 2.44. The van der Waals surface area contributed by atoms with Gasteiger partial charge in [-0.05, 0) is 87.3 Å². The minimum Gasteiger partial charge on any atom is -0.444 e. The van der Waals surface area contributed by atoms with Crippen molar-refractivity contribution in [2.24, 2.45) is 17.6 Å². The second kappa shape index (κ2) is 10.3. The Morgan fingerprint density at radius 2 is 1.81 bits per heavy atom. The fraction of sp³-hybridized carbons (Fsp3) is 0.448. The summed E-state index contributed by atoms with van der Waals surface area (Å²) in [6.45, 7) is 5.37. The van der Waals surface area contributed by atoms with Gasteiger partial charge in [0.1, 0.15) is 11.4 Å². The first-order chi connectivity index (χ1) is 17.5. The van der Waals surface area contributed by atoms with Crippen LogP contribution in [0.2, 0.25) is 0 Å². The van der Waals surface area contributed by atoms with Gasteiger partial charge in [-0.15, -0.1) is 0 Å². The van der Waals surface area contributed by atoms with Gasteiger partial charge in [0.15, 0.2) is 5.78 Å². The number of nitrogens with two attached hydrogens (primary N) is 1. The average Bonchev–Trinajstić information content (AvgIpc) is 3.45. The second-order valence-electron chi connectivity index (χ2n) is 11.0. The third kappa shape index (κ3) is 5.82. The van der Waals surface area contributed by atoms with Gasteiger partial charge in [-0.2, -0.15) is 5.26 Å². The highest BCUT2D eigenvalue weighted by Gasteiger charge is 2.52. The first-order valence-corrected chi connectivity index (χ1v) is 12.6. The molecule has 2 aromatic rings. The Labute approximate surface area is 216 Å². The van der Waals surface area contributed by atoms with E-state index in [0.29, 0.717) is 16.7 Å². The van der Waals surface area contributed by atoms with E-state index in [4.69, 9.17) is 10.5 Å². The van der Waals surface area contributed by atoms with Crippen molar-refractivity contribution in [2.45, 2.75) is 70.6 Å². The number of ether oxygens (including phenoxy) is 1. The van der Waals surface area contributed by atoms with Gasteiger partial charge in [0.25, 0.3) is 0 Å². The molecule has 4 atom stereocenters. The molecule has 1 unspecified atom stereocenters. The lowest BCUT2D eigenvalue weighted by Crippen LogP contribution is -2.51. The molecule has 1 aliphatic heterocycles. The molecule has 8 heteroatoms. The van der Waals surface area contributed by atoms with Crippen LogP contribution in [-0.2, 0) is 16.0 Å². The Balaban J connectivity index is 1.45. The number of likely N-dealkylation sites (tertiary alicyclic amines) is 1. The van der Waals surface area contributed by atoms with Crippen molar-refractivity contribution in [1.82, 2.24) is 4.90 Å². The van der Waals surface area contributed by atoms with Crippen molar-refractivity contribution in [3.63, 3.8) is 0 Å². The molecule has 1 saturated carbocycles. The zero-order chi connectivity index (χ0) is 26.9. The van der Waals surface area contributed by atoms with Crippen molar-refractivity contribution < 1.29 is 23.5 Å². The summed E-state index contributed by atoms with van der Waals surface area (Å²) in [5, 5.41) is 9.77. The van der Waals surface area contributed by atoms with Gasteiger partial charge in [-0.3, -0.25) is 14.5 Å². The third-order valence-corrected chi connectivity index (χ3v) is 7.17. The maximum absolute atomic E-state index is 15.0. The van der Waals surface area contributed by atoms with E-state index >= 15 is 0 Å². The molecule has 2 amide bonds. The maximum atomic E-state index is 15.0. The van der Waals surface area contributed by atoms with Gasteiger partial charge in [-0.1, -0.05) is 24.3 Å². The molecule has 4 rings (SSSR count). The molecule has 194 valence electrons. The fourth-order valence-electron chi connectivity index (χ4n) is 5.49. The zero-order valence-electron chi connectivity index (χ0n) is 21.4. The first kappa shape index (κ1) is 26.3. The molecule has 0 aromatic heterocycles. The van der Waals surface area contributed by atoms with E-state index in [-0.39, 0.29) is 30.6 Å². The summed E-state index contributed by atoms with van der Waals surface area (Å²) < 4.78 is 20.5. The van der Waals surface area contributed by atoms with Crippen LogP contribution in [0.5, 0.6) is 0 Å². The van der Waals surface area contributed by atoms with Crippen LogP contribution in [0, 0.1) is 29.0 Å². The van der Waals surface area contributed by atoms with Crippen LogP contribution in [0.3, 0.4) is 0 Å². The molecule has 1 aliphatic carbocycles. The number of hydrogen-bond donors (Lipinski definition) is 1. The summed E-state index contributed by atoms with van der Waals surface area (Å²) in [4.78, 5) is 39.1. The van der Waals surface area contributed by atoms with Gasteiger partial charge >= 0.3 is 6.09 Å². The zero-order valence-corrected chi connectivity index (χ0v) is 21.4. The quantitative estimate of drug-likeness (QED) is 0.568. The molecular weight excluding hydrogens is 473 g/mol. The van der Waals surface area contributed by atoms with Crippen LogP contribution >= 0.6 is 0 Å². The molecule has 2 N–H and O–H groups in total. The van der Waals surface area contributed by atoms with Crippen LogP contribution in [0.4, 0.5) is 9.18 Å². The van der Waals surface area contributed by atoms with Gasteiger partial charge in [0, 0.05) is 18.0 Å². The Morgan fingerprint density at radius 1 is 1.14 bits per heavy atom. The number of benzene rings is 2. The number of carbonyl (C=O) groups excluding carboxylic acids is 3. The SMILES string of the molecule is CC(C)(C)OC(=O)N1[C@@H]2CC[C@@H](C2)[C@H]1C(=O)CC(C#N)Cc1ccc(-c2ccc(C(N)=O)cc2)cc1F. The topological polar surface area (TPSA) is 113 Å². The Morgan fingerprint density at radius 3 is 2.41 bits per heavy atom. The first-order valence-electron chi connectivity index (χ1n) is 12.6. The van der Waals surface area contributed by atoms with Gasteiger partial charge in [0.2, 0.25) is 5.91 Å². The summed E-state index contributed by atoms with van der Waals surface area (Å²) >= 11 is 0. The molecule has 7 nitrogen and oxygen atoms in total. The number of hydrogen-bond acceptors (Lipinski definition) is 5. The van der Waals surface area contributed by atoms with Crippen molar-refractivity contribution in [3.05, 3.63) is 59.4 Å². The number of rotatable bonds is 7. The normalized spacial score (nSPS) is 21.4. The van der Waals surface area contributed by atoms with E-state index in [1.807, 2.05) is 0 Å². The van der Waals surface area contributed by atoms with E-state index in [9.17, 15) is 24.0 Å². The molecule has 37 heavy (non-hydrogen) atoms. The number of carbonyl (C=O) groups is 3. The minimum absolute atomic E-state index is 0.0173. The van der Waals surface area contributed by atoms with E-state index in [2.05, 4.69) is 6.07 Å². The summed E-state index contributed by atoms with van der Waals surface area (Å²) in [7, 11) is 0. The maximum Gasteiger partial charge on any atom is 0.411 e. The molecule has 2 bridgehead atoms. The molecule has 2 fully saturated rings. The number of ketones is 1. The third-order valence-electron chi connectivity index (χ3n) is 7.17. The van der Waals surface area contributed by atoms with Crippen molar-refractivity contribution in [1.29, 1.82) is 5.26 Å². The molecule has 2 aromatic carbocycles. The smallest absolute Gasteiger partial charge is 0.411 e. The van der Waals surface area contributed by atoms with Crippen LogP contribution in [0.15, 0.2) is 42.5 Å².